The Bertz CT molecular complexity index is 1860. The molecule has 0 aliphatic heterocycles. The Labute approximate surface area is 280 Å². The van der Waals surface area contributed by atoms with Gasteiger partial charge in [-0.15, -0.1) is 0 Å². The van der Waals surface area contributed by atoms with Gasteiger partial charge in [-0.3, -0.25) is 4.79 Å². The Morgan fingerprint density at radius 1 is 0.745 bits per heavy atom. The van der Waals surface area contributed by atoms with Crippen LogP contribution >= 0.6 is 11.6 Å². The molecule has 0 radical (unpaired) electrons. The third kappa shape index (κ3) is 5.81. The van der Waals surface area contributed by atoms with E-state index in [1.807, 2.05) is 110 Å². The van der Waals surface area contributed by atoms with Crippen LogP contribution in [0.3, 0.4) is 0 Å². The van der Waals surface area contributed by atoms with E-state index < -0.39 is 29.6 Å². The second kappa shape index (κ2) is 13.1. The quantitative estimate of drug-likeness (QED) is 0.136. The molecule has 5 nitrogen and oxygen atoms in total. The Morgan fingerprint density at radius 2 is 1.34 bits per heavy atom. The topological polar surface area (TPSA) is 64.6 Å². The number of nitrogens with one attached hydrogen (secondary N) is 1. The fourth-order valence-corrected chi connectivity index (χ4v) is 7.56. The average Bonchev–Trinajstić information content (AvgIpc) is 3.70. The summed E-state index contributed by atoms with van der Waals surface area (Å²) in [6, 6.07) is 41.3. The molecule has 2 aliphatic rings. The summed E-state index contributed by atoms with van der Waals surface area (Å²) in [5.74, 6) is -0.989. The van der Waals surface area contributed by atoms with Crippen molar-refractivity contribution in [3.05, 3.63) is 166 Å². The van der Waals surface area contributed by atoms with Gasteiger partial charge in [0.2, 0.25) is 0 Å². The minimum atomic E-state index is -1.30. The number of carbonyl (C=O) groups is 2. The van der Waals surface area contributed by atoms with Crippen LogP contribution in [0.1, 0.15) is 58.6 Å². The minimum absolute atomic E-state index is 0.0471. The third-order valence-electron chi connectivity index (χ3n) is 9.61. The molecule has 0 aromatic heterocycles. The second-order valence-electron chi connectivity index (χ2n) is 12.4. The molecule has 0 saturated heterocycles. The standard InChI is InChI=1S/C41H36ClNO4/c1-27-22-24-29(25-23-27)41(28-12-3-2-4-13-28,36-19-9-10-20-37(36)42)47-39(44)34-18-11-21-38(34)43-40(45)46-26-35-32-16-7-5-14-30(32)31-15-6-8-17-33(31)35/h2-10,12-17,19-20,22-25,34-35,38H,11,18,21,26H2,1H3,(H,43,45)/t34-,38-,41?/m1/s1. The number of alkyl carbamates (subject to hydrolysis) is 1. The molecule has 3 atom stereocenters. The number of fused-ring (bicyclic) bond motifs is 3. The lowest BCUT2D eigenvalue weighted by molar-refractivity contribution is -0.159. The van der Waals surface area contributed by atoms with Crippen LogP contribution in [0.4, 0.5) is 4.79 Å². The van der Waals surface area contributed by atoms with Crippen molar-refractivity contribution in [3.8, 4) is 11.1 Å². The Balaban J connectivity index is 1.13. The average molecular weight is 642 g/mol. The van der Waals surface area contributed by atoms with Crippen molar-refractivity contribution >= 4 is 23.7 Å². The first kappa shape index (κ1) is 30.8. The number of amides is 1. The van der Waals surface area contributed by atoms with E-state index in [9.17, 15) is 9.59 Å². The summed E-state index contributed by atoms with van der Waals surface area (Å²) in [6.45, 7) is 2.23. The molecule has 0 bridgehead atoms. The highest BCUT2D eigenvalue weighted by Gasteiger charge is 2.45. The number of carbonyl (C=O) groups excluding carboxylic acids is 2. The molecule has 236 valence electrons. The van der Waals surface area contributed by atoms with Crippen molar-refractivity contribution in [1.82, 2.24) is 5.32 Å². The van der Waals surface area contributed by atoms with Gasteiger partial charge in [-0.05, 0) is 48.1 Å². The highest BCUT2D eigenvalue weighted by Crippen LogP contribution is 2.46. The van der Waals surface area contributed by atoms with Crippen molar-refractivity contribution in [2.75, 3.05) is 6.61 Å². The second-order valence-corrected chi connectivity index (χ2v) is 12.8. The number of esters is 1. The van der Waals surface area contributed by atoms with Gasteiger partial charge in [-0.25, -0.2) is 4.79 Å². The van der Waals surface area contributed by atoms with Crippen molar-refractivity contribution in [2.24, 2.45) is 5.92 Å². The molecule has 0 heterocycles. The summed E-state index contributed by atoms with van der Waals surface area (Å²) >= 11 is 6.87. The molecule has 1 amide bonds. The lowest BCUT2D eigenvalue weighted by Crippen LogP contribution is -2.44. The zero-order chi connectivity index (χ0) is 32.4. The van der Waals surface area contributed by atoms with Crippen LogP contribution in [0.15, 0.2) is 127 Å². The van der Waals surface area contributed by atoms with E-state index in [0.717, 1.165) is 34.2 Å². The van der Waals surface area contributed by atoms with Gasteiger partial charge in [0, 0.05) is 33.7 Å². The summed E-state index contributed by atoms with van der Waals surface area (Å²) < 4.78 is 12.6. The van der Waals surface area contributed by atoms with E-state index in [1.54, 1.807) is 0 Å². The van der Waals surface area contributed by atoms with Crippen LogP contribution in [-0.4, -0.2) is 24.7 Å². The number of halogens is 1. The SMILES string of the molecule is Cc1ccc(C(OC(=O)[C@@H]2CCC[C@H]2NC(=O)OCC2c3ccccc3-c3ccccc32)(c2ccccc2)c2ccccc2Cl)cc1. The Kier molecular flexibility index (Phi) is 8.57. The Hall–Kier alpha value is -4.87. The number of hydrogen-bond acceptors (Lipinski definition) is 4. The van der Waals surface area contributed by atoms with E-state index in [0.29, 0.717) is 23.4 Å². The van der Waals surface area contributed by atoms with Gasteiger partial charge in [0.25, 0.3) is 0 Å². The summed E-state index contributed by atoms with van der Waals surface area (Å²) in [5, 5.41) is 3.51. The molecule has 0 spiro atoms. The summed E-state index contributed by atoms with van der Waals surface area (Å²) in [5.41, 5.74) is 6.66. The molecule has 5 aromatic rings. The molecular formula is C41H36ClNO4. The lowest BCUT2D eigenvalue weighted by atomic mass is 9.79. The number of aryl methyl sites for hydroxylation is 1. The lowest BCUT2D eigenvalue weighted by Gasteiger charge is -2.37. The first-order valence-electron chi connectivity index (χ1n) is 16.2. The van der Waals surface area contributed by atoms with Crippen molar-refractivity contribution in [3.63, 3.8) is 0 Å². The molecule has 47 heavy (non-hydrogen) atoms. The monoisotopic (exact) mass is 641 g/mol. The molecule has 1 unspecified atom stereocenters. The first-order chi connectivity index (χ1) is 23.0. The minimum Gasteiger partial charge on any atom is -0.449 e. The van der Waals surface area contributed by atoms with Gasteiger partial charge in [-0.2, -0.15) is 0 Å². The van der Waals surface area contributed by atoms with Gasteiger partial charge < -0.3 is 14.8 Å². The number of rotatable bonds is 8. The summed E-state index contributed by atoms with van der Waals surface area (Å²) in [6.07, 6.45) is 1.49. The van der Waals surface area contributed by atoms with Crippen molar-refractivity contribution in [2.45, 2.75) is 43.7 Å². The fraction of sp³-hybridized carbons (Fsp3) is 0.220. The van der Waals surface area contributed by atoms with Gasteiger partial charge in [0.15, 0.2) is 5.60 Å². The van der Waals surface area contributed by atoms with E-state index in [4.69, 9.17) is 21.1 Å². The Morgan fingerprint density at radius 3 is 2.02 bits per heavy atom. The summed E-state index contributed by atoms with van der Waals surface area (Å²) in [7, 11) is 0. The van der Waals surface area contributed by atoms with Crippen LogP contribution in [0.25, 0.3) is 11.1 Å². The molecule has 1 fully saturated rings. The van der Waals surface area contributed by atoms with Gasteiger partial charge in [-0.1, -0.05) is 145 Å². The van der Waals surface area contributed by atoms with E-state index >= 15 is 0 Å². The smallest absolute Gasteiger partial charge is 0.407 e. The van der Waals surface area contributed by atoms with Crippen molar-refractivity contribution in [1.29, 1.82) is 0 Å². The maximum absolute atomic E-state index is 14.3. The number of benzene rings is 5. The van der Waals surface area contributed by atoms with E-state index in [1.165, 1.54) is 11.1 Å². The highest BCUT2D eigenvalue weighted by atomic mass is 35.5. The number of ether oxygens (including phenoxy) is 2. The zero-order valence-corrected chi connectivity index (χ0v) is 27.0. The third-order valence-corrected chi connectivity index (χ3v) is 9.94. The molecule has 1 N–H and O–H groups in total. The van der Waals surface area contributed by atoms with Crippen molar-refractivity contribution < 1.29 is 19.1 Å². The van der Waals surface area contributed by atoms with Crippen LogP contribution in [0.2, 0.25) is 5.02 Å². The predicted octanol–water partition coefficient (Wildman–Crippen LogP) is 9.19. The van der Waals surface area contributed by atoms with Crippen LogP contribution < -0.4 is 5.32 Å². The molecule has 5 aromatic carbocycles. The first-order valence-corrected chi connectivity index (χ1v) is 16.6. The van der Waals surface area contributed by atoms with E-state index in [2.05, 4.69) is 29.6 Å². The van der Waals surface area contributed by atoms with Gasteiger partial charge in [0.1, 0.15) is 6.61 Å². The maximum Gasteiger partial charge on any atom is 0.407 e. The molecule has 6 heteroatoms. The zero-order valence-electron chi connectivity index (χ0n) is 26.2. The largest absolute Gasteiger partial charge is 0.449 e. The number of hydrogen-bond donors (Lipinski definition) is 1. The molecular weight excluding hydrogens is 606 g/mol. The predicted molar refractivity (Wildman–Crippen MR) is 184 cm³/mol. The maximum atomic E-state index is 14.3. The van der Waals surface area contributed by atoms with Gasteiger partial charge >= 0.3 is 12.1 Å². The van der Waals surface area contributed by atoms with E-state index in [-0.39, 0.29) is 12.5 Å². The normalized spacial score (nSPS) is 18.1. The van der Waals surface area contributed by atoms with Crippen LogP contribution in [-0.2, 0) is 19.9 Å². The van der Waals surface area contributed by atoms with Gasteiger partial charge in [0.05, 0.1) is 5.92 Å². The molecule has 2 aliphatic carbocycles. The highest BCUT2D eigenvalue weighted by molar-refractivity contribution is 6.31. The van der Waals surface area contributed by atoms with Crippen LogP contribution in [0, 0.1) is 12.8 Å². The fourth-order valence-electron chi connectivity index (χ4n) is 7.29. The molecule has 7 rings (SSSR count). The van der Waals surface area contributed by atoms with Crippen LogP contribution in [0.5, 0.6) is 0 Å². The molecule has 1 saturated carbocycles. The summed E-state index contributed by atoms with van der Waals surface area (Å²) in [4.78, 5) is 27.6.